The minimum atomic E-state index is 0.268. The van der Waals surface area contributed by atoms with Crippen molar-refractivity contribution in [2.45, 2.75) is 51.5 Å². The van der Waals surface area contributed by atoms with Gasteiger partial charge in [-0.1, -0.05) is 17.7 Å². The predicted molar refractivity (Wildman–Crippen MR) is 78.8 cm³/mol. The molecule has 0 radical (unpaired) electrons. The van der Waals surface area contributed by atoms with Gasteiger partial charge in [-0.15, -0.1) is 0 Å². The maximum absolute atomic E-state index is 5.62. The molecule has 1 unspecified atom stereocenters. The van der Waals surface area contributed by atoms with Gasteiger partial charge in [-0.05, 0) is 63.3 Å². The Hall–Kier alpha value is -0.860. The third-order valence-corrected chi connectivity index (χ3v) is 4.76. The second kappa shape index (κ2) is 4.92. The van der Waals surface area contributed by atoms with Crippen LogP contribution in [0, 0.1) is 20.8 Å². The summed E-state index contributed by atoms with van der Waals surface area (Å²) < 4.78 is 5.62. The second-order valence-electron chi connectivity index (χ2n) is 6.54. The van der Waals surface area contributed by atoms with Gasteiger partial charge in [0, 0.05) is 11.5 Å². The lowest BCUT2D eigenvalue weighted by Crippen LogP contribution is -2.51. The summed E-state index contributed by atoms with van der Waals surface area (Å²) in [5.74, 6) is 0. The molecule has 0 saturated carbocycles. The van der Waals surface area contributed by atoms with E-state index >= 15 is 0 Å². The van der Waals surface area contributed by atoms with Crippen LogP contribution in [0.15, 0.2) is 12.1 Å². The largest absolute Gasteiger partial charge is 0.379 e. The van der Waals surface area contributed by atoms with Crippen molar-refractivity contribution in [1.29, 1.82) is 0 Å². The predicted octanol–water partition coefficient (Wildman–Crippen LogP) is 3.02. The average molecular weight is 259 g/mol. The summed E-state index contributed by atoms with van der Waals surface area (Å²) in [5.41, 5.74) is 6.08. The molecule has 3 rings (SSSR count). The molecule has 2 saturated heterocycles. The molecule has 2 fully saturated rings. The third-order valence-electron chi connectivity index (χ3n) is 4.76. The van der Waals surface area contributed by atoms with Gasteiger partial charge in [0.05, 0.1) is 13.2 Å². The van der Waals surface area contributed by atoms with E-state index in [2.05, 4.69) is 38.2 Å². The average Bonchev–Trinajstić information content (AvgIpc) is 2.76. The fourth-order valence-corrected chi connectivity index (χ4v) is 4.13. The van der Waals surface area contributed by atoms with Crippen molar-refractivity contribution in [2.24, 2.45) is 0 Å². The van der Waals surface area contributed by atoms with Gasteiger partial charge in [0.1, 0.15) is 0 Å². The summed E-state index contributed by atoms with van der Waals surface area (Å²) in [6.45, 7) is 9.69. The molecule has 2 heteroatoms. The Morgan fingerprint density at radius 3 is 2.37 bits per heavy atom. The van der Waals surface area contributed by atoms with Crippen molar-refractivity contribution >= 4 is 0 Å². The molecule has 1 atom stereocenters. The minimum absolute atomic E-state index is 0.268. The van der Waals surface area contributed by atoms with Gasteiger partial charge in [0.15, 0.2) is 0 Å². The summed E-state index contributed by atoms with van der Waals surface area (Å²) >= 11 is 0. The van der Waals surface area contributed by atoms with E-state index in [4.69, 9.17) is 4.74 Å². The van der Waals surface area contributed by atoms with Crippen LogP contribution in [0.4, 0.5) is 0 Å². The fraction of sp³-hybridized carbons (Fsp3) is 0.647. The zero-order chi connectivity index (χ0) is 13.5. The zero-order valence-corrected chi connectivity index (χ0v) is 12.4. The molecule has 0 spiro atoms. The number of ether oxygens (including phenoxy) is 1. The molecule has 0 bridgehead atoms. The van der Waals surface area contributed by atoms with Gasteiger partial charge < -0.3 is 10.1 Å². The van der Waals surface area contributed by atoms with Crippen molar-refractivity contribution < 1.29 is 4.74 Å². The van der Waals surface area contributed by atoms with Crippen molar-refractivity contribution in [1.82, 2.24) is 5.32 Å². The quantitative estimate of drug-likeness (QED) is 0.901. The first-order valence-electron chi connectivity index (χ1n) is 7.50. The zero-order valence-electron chi connectivity index (χ0n) is 12.4. The Bertz CT molecular complexity index is 447. The summed E-state index contributed by atoms with van der Waals surface area (Å²) in [4.78, 5) is 0. The highest BCUT2D eigenvalue weighted by molar-refractivity contribution is 5.44. The van der Waals surface area contributed by atoms with E-state index in [1.54, 1.807) is 5.56 Å². The summed E-state index contributed by atoms with van der Waals surface area (Å²) in [5, 5.41) is 3.64. The van der Waals surface area contributed by atoms with Gasteiger partial charge in [-0.3, -0.25) is 0 Å². The molecule has 0 aromatic heterocycles. The monoisotopic (exact) mass is 259 g/mol. The highest BCUT2D eigenvalue weighted by Gasteiger charge is 2.44. The van der Waals surface area contributed by atoms with Crippen LogP contribution in [0.3, 0.4) is 0 Å². The summed E-state index contributed by atoms with van der Waals surface area (Å²) in [6.07, 6.45) is 3.89. The van der Waals surface area contributed by atoms with Crippen LogP contribution < -0.4 is 5.32 Å². The van der Waals surface area contributed by atoms with Crippen molar-refractivity contribution in [3.63, 3.8) is 0 Å². The Morgan fingerprint density at radius 1 is 1.21 bits per heavy atom. The van der Waals surface area contributed by atoms with Crippen LogP contribution in [0.5, 0.6) is 0 Å². The Labute approximate surface area is 116 Å². The first-order valence-corrected chi connectivity index (χ1v) is 7.50. The molecule has 2 nitrogen and oxygen atoms in total. The molecule has 2 aliphatic rings. The normalized spacial score (nSPS) is 25.3. The Kier molecular flexibility index (Phi) is 3.40. The van der Waals surface area contributed by atoms with E-state index < -0.39 is 0 Å². The lowest BCUT2D eigenvalue weighted by atomic mass is 9.70. The van der Waals surface area contributed by atoms with Crippen LogP contribution in [-0.2, 0) is 10.2 Å². The lowest BCUT2D eigenvalue weighted by molar-refractivity contribution is -0.0685. The molecular weight excluding hydrogens is 234 g/mol. The van der Waals surface area contributed by atoms with Crippen LogP contribution in [-0.4, -0.2) is 25.8 Å². The first-order chi connectivity index (χ1) is 9.11. The SMILES string of the molecule is Cc1cc(C)c(C2(CC3CCCN3)COC2)c(C)c1. The number of benzene rings is 1. The number of aryl methyl sites for hydroxylation is 3. The highest BCUT2D eigenvalue weighted by atomic mass is 16.5. The van der Waals surface area contributed by atoms with E-state index in [1.807, 2.05) is 0 Å². The van der Waals surface area contributed by atoms with Crippen molar-refractivity contribution in [3.8, 4) is 0 Å². The van der Waals surface area contributed by atoms with E-state index in [1.165, 1.54) is 42.5 Å². The van der Waals surface area contributed by atoms with E-state index in [0.717, 1.165) is 13.2 Å². The highest BCUT2D eigenvalue weighted by Crippen LogP contribution is 2.41. The summed E-state index contributed by atoms with van der Waals surface area (Å²) in [6, 6.07) is 5.33. The molecule has 1 N–H and O–H groups in total. The molecule has 19 heavy (non-hydrogen) atoms. The van der Waals surface area contributed by atoms with Gasteiger partial charge in [-0.2, -0.15) is 0 Å². The van der Waals surface area contributed by atoms with Gasteiger partial charge in [0.25, 0.3) is 0 Å². The molecule has 1 aromatic carbocycles. The number of hydrogen-bond donors (Lipinski definition) is 1. The second-order valence-corrected chi connectivity index (χ2v) is 6.54. The van der Waals surface area contributed by atoms with Crippen molar-refractivity contribution in [2.75, 3.05) is 19.8 Å². The topological polar surface area (TPSA) is 21.3 Å². The Balaban J connectivity index is 1.93. The molecule has 104 valence electrons. The molecule has 0 aliphatic carbocycles. The van der Waals surface area contributed by atoms with Crippen LogP contribution in [0.25, 0.3) is 0 Å². The first kappa shape index (κ1) is 13.1. The minimum Gasteiger partial charge on any atom is -0.379 e. The molecule has 1 aromatic rings. The van der Waals surface area contributed by atoms with E-state index in [9.17, 15) is 0 Å². The molecule has 0 amide bonds. The van der Waals surface area contributed by atoms with Gasteiger partial charge >= 0.3 is 0 Å². The number of nitrogens with one attached hydrogen (secondary N) is 1. The maximum Gasteiger partial charge on any atom is 0.0586 e. The lowest BCUT2D eigenvalue weighted by Gasteiger charge is -2.45. The van der Waals surface area contributed by atoms with Gasteiger partial charge in [-0.25, -0.2) is 0 Å². The number of hydrogen-bond acceptors (Lipinski definition) is 2. The summed E-state index contributed by atoms with van der Waals surface area (Å²) in [7, 11) is 0. The number of rotatable bonds is 3. The maximum atomic E-state index is 5.62. The molecular formula is C17H25NO. The fourth-order valence-electron chi connectivity index (χ4n) is 4.13. The van der Waals surface area contributed by atoms with Crippen LogP contribution in [0.1, 0.15) is 41.5 Å². The standard InChI is InChI=1S/C17H25NO/c1-12-7-13(2)16(14(3)8-12)17(10-19-11-17)9-15-5-4-6-18-15/h7-8,15,18H,4-6,9-11H2,1-3H3. The smallest absolute Gasteiger partial charge is 0.0586 e. The van der Waals surface area contributed by atoms with E-state index in [0.29, 0.717) is 6.04 Å². The van der Waals surface area contributed by atoms with Crippen LogP contribution in [0.2, 0.25) is 0 Å². The van der Waals surface area contributed by atoms with Crippen LogP contribution >= 0.6 is 0 Å². The molecule has 2 heterocycles. The van der Waals surface area contributed by atoms with E-state index in [-0.39, 0.29) is 5.41 Å². The Morgan fingerprint density at radius 2 is 1.89 bits per heavy atom. The van der Waals surface area contributed by atoms with Gasteiger partial charge in [0.2, 0.25) is 0 Å². The third kappa shape index (κ3) is 2.32. The molecule has 2 aliphatic heterocycles. The van der Waals surface area contributed by atoms with Crippen molar-refractivity contribution in [3.05, 3.63) is 34.4 Å².